The minimum Gasteiger partial charge on any atom is -0.289 e. The lowest BCUT2D eigenvalue weighted by Gasteiger charge is -2.06. The van der Waals surface area contributed by atoms with Crippen molar-refractivity contribution in [2.24, 2.45) is 0 Å². The van der Waals surface area contributed by atoms with Crippen molar-refractivity contribution < 1.29 is 4.79 Å². The molecule has 1 nitrogen and oxygen atoms in total. The number of carbonyl (C=O) groups excluding carboxylic acids is 1. The van der Waals surface area contributed by atoms with Crippen LogP contribution in [0.1, 0.15) is 15.9 Å². The molecule has 92 valence electrons. The van der Waals surface area contributed by atoms with Crippen LogP contribution in [0, 0.1) is 3.57 Å². The van der Waals surface area contributed by atoms with Crippen LogP contribution < -0.4 is 0 Å². The third-order valence-corrected chi connectivity index (χ3v) is 4.46. The monoisotopic (exact) mass is 454 g/mol. The van der Waals surface area contributed by atoms with Gasteiger partial charge in [-0.3, -0.25) is 4.79 Å². The van der Waals surface area contributed by atoms with Gasteiger partial charge in [-0.05, 0) is 59.0 Å². The number of hydrogen-bond donors (Lipinski definition) is 0. The normalized spacial score (nSPS) is 10.4. The van der Waals surface area contributed by atoms with E-state index in [2.05, 4.69) is 38.5 Å². The van der Waals surface area contributed by atoms with Crippen LogP contribution in [0.3, 0.4) is 0 Å². The number of ketones is 1. The summed E-state index contributed by atoms with van der Waals surface area (Å²) in [5, 5.41) is 0.819. The van der Waals surface area contributed by atoms with E-state index < -0.39 is 0 Å². The van der Waals surface area contributed by atoms with Crippen LogP contribution in [-0.4, -0.2) is 5.78 Å². The van der Waals surface area contributed by atoms with Crippen molar-refractivity contribution in [3.05, 3.63) is 65.6 Å². The zero-order valence-corrected chi connectivity index (χ0v) is 14.1. The highest BCUT2D eigenvalue weighted by atomic mass is 127. The van der Waals surface area contributed by atoms with Crippen LogP contribution in [0.4, 0.5) is 0 Å². The molecule has 2 rings (SSSR count). The Balaban J connectivity index is 2.47. The predicted molar refractivity (Wildman–Crippen MR) is 86.8 cm³/mol. The number of halogens is 4. The summed E-state index contributed by atoms with van der Waals surface area (Å²) in [6, 6.07) is 10.5. The first-order valence-electron chi connectivity index (χ1n) is 4.94. The molecule has 0 saturated heterocycles. The van der Waals surface area contributed by atoms with E-state index in [0.717, 1.165) is 8.04 Å². The van der Waals surface area contributed by atoms with Gasteiger partial charge in [-0.15, -0.1) is 0 Å². The van der Waals surface area contributed by atoms with Gasteiger partial charge in [-0.1, -0.05) is 39.1 Å². The Labute approximate surface area is 137 Å². The molecule has 0 amide bonds. The van der Waals surface area contributed by atoms with Crippen molar-refractivity contribution in [3.63, 3.8) is 0 Å². The van der Waals surface area contributed by atoms with Gasteiger partial charge in [0.25, 0.3) is 0 Å². The van der Waals surface area contributed by atoms with Crippen LogP contribution in [-0.2, 0) is 0 Å². The summed E-state index contributed by atoms with van der Waals surface area (Å²) >= 11 is 17.3. The molecule has 0 radical (unpaired) electrons. The first-order chi connectivity index (χ1) is 8.49. The topological polar surface area (TPSA) is 17.1 Å². The maximum Gasteiger partial charge on any atom is 0.194 e. The molecule has 0 aromatic heterocycles. The SMILES string of the molecule is O=C(c1ccc(Cl)c(Cl)c1)c1cc(I)ccc1Br. The average Bonchev–Trinajstić information content (AvgIpc) is 2.35. The fourth-order valence-electron chi connectivity index (χ4n) is 1.46. The standard InChI is InChI=1S/C13H6BrCl2IO/c14-10-3-2-8(17)6-9(10)13(18)7-1-4-11(15)12(16)5-7/h1-6H. The fourth-order valence-corrected chi connectivity index (χ4v) is 2.68. The fraction of sp³-hybridized carbons (Fsp3) is 0. The summed E-state index contributed by atoms with van der Waals surface area (Å²) in [4.78, 5) is 12.3. The maximum atomic E-state index is 12.3. The number of rotatable bonds is 2. The molecule has 0 heterocycles. The quantitative estimate of drug-likeness (QED) is 0.426. The van der Waals surface area contributed by atoms with E-state index in [1.54, 1.807) is 18.2 Å². The molecule has 18 heavy (non-hydrogen) atoms. The molecule has 0 aliphatic rings. The van der Waals surface area contributed by atoms with E-state index >= 15 is 0 Å². The average molecular weight is 456 g/mol. The molecule has 0 atom stereocenters. The maximum absolute atomic E-state index is 12.3. The Morgan fingerprint density at radius 3 is 2.44 bits per heavy atom. The Hall–Kier alpha value is -0.100. The molecule has 0 N–H and O–H groups in total. The van der Waals surface area contributed by atoms with E-state index in [4.69, 9.17) is 23.2 Å². The molecule has 2 aromatic rings. The molecule has 2 aromatic carbocycles. The highest BCUT2D eigenvalue weighted by Gasteiger charge is 2.14. The predicted octanol–water partition coefficient (Wildman–Crippen LogP) is 5.59. The Morgan fingerprint density at radius 2 is 1.78 bits per heavy atom. The van der Waals surface area contributed by atoms with Gasteiger partial charge in [0.2, 0.25) is 0 Å². The molecule has 0 saturated carbocycles. The van der Waals surface area contributed by atoms with Gasteiger partial charge in [-0.2, -0.15) is 0 Å². The Bertz CT molecular complexity index is 628. The number of hydrogen-bond acceptors (Lipinski definition) is 1. The first-order valence-corrected chi connectivity index (χ1v) is 7.56. The molecule has 0 spiro atoms. The number of benzene rings is 2. The highest BCUT2D eigenvalue weighted by molar-refractivity contribution is 14.1. The molecule has 5 heteroatoms. The molecule has 0 unspecified atom stereocenters. The third-order valence-electron chi connectivity index (χ3n) is 2.35. The largest absolute Gasteiger partial charge is 0.289 e. The van der Waals surface area contributed by atoms with Crippen LogP contribution >= 0.6 is 61.7 Å². The van der Waals surface area contributed by atoms with E-state index in [1.807, 2.05) is 18.2 Å². The van der Waals surface area contributed by atoms with Crippen molar-refractivity contribution in [2.45, 2.75) is 0 Å². The second-order valence-corrected chi connectivity index (χ2v) is 6.50. The summed E-state index contributed by atoms with van der Waals surface area (Å²) in [6.45, 7) is 0. The van der Waals surface area contributed by atoms with Gasteiger partial charge in [0.05, 0.1) is 10.0 Å². The first kappa shape index (κ1) is 14.3. The second-order valence-electron chi connectivity index (χ2n) is 3.58. The minimum atomic E-state index is -0.0843. The zero-order valence-electron chi connectivity index (χ0n) is 8.88. The van der Waals surface area contributed by atoms with Crippen LogP contribution in [0.25, 0.3) is 0 Å². The molecule has 0 fully saturated rings. The minimum absolute atomic E-state index is 0.0843. The van der Waals surface area contributed by atoms with E-state index in [9.17, 15) is 4.79 Å². The molecular weight excluding hydrogens is 450 g/mol. The highest BCUT2D eigenvalue weighted by Crippen LogP contribution is 2.26. The lowest BCUT2D eigenvalue weighted by atomic mass is 10.0. The van der Waals surface area contributed by atoms with Crippen molar-refractivity contribution in [2.75, 3.05) is 0 Å². The molecular formula is C13H6BrCl2IO. The third kappa shape index (κ3) is 3.07. The summed E-state index contributed by atoms with van der Waals surface area (Å²) < 4.78 is 1.76. The summed E-state index contributed by atoms with van der Waals surface area (Å²) in [5.74, 6) is -0.0843. The van der Waals surface area contributed by atoms with E-state index in [0.29, 0.717) is 21.2 Å². The van der Waals surface area contributed by atoms with Crippen LogP contribution in [0.15, 0.2) is 40.9 Å². The molecule has 0 aliphatic carbocycles. The van der Waals surface area contributed by atoms with Gasteiger partial charge < -0.3 is 0 Å². The van der Waals surface area contributed by atoms with Crippen LogP contribution in [0.5, 0.6) is 0 Å². The van der Waals surface area contributed by atoms with E-state index in [1.165, 1.54) is 0 Å². The second kappa shape index (κ2) is 5.90. The lowest BCUT2D eigenvalue weighted by molar-refractivity contribution is 0.103. The van der Waals surface area contributed by atoms with Crippen molar-refractivity contribution in [3.8, 4) is 0 Å². The Kier molecular flexibility index (Phi) is 4.69. The summed E-state index contributed by atoms with van der Waals surface area (Å²) in [6.07, 6.45) is 0. The van der Waals surface area contributed by atoms with Gasteiger partial charge in [0.1, 0.15) is 0 Å². The zero-order chi connectivity index (χ0) is 13.3. The lowest BCUT2D eigenvalue weighted by Crippen LogP contribution is -2.02. The van der Waals surface area contributed by atoms with E-state index in [-0.39, 0.29) is 5.78 Å². The smallest absolute Gasteiger partial charge is 0.194 e. The van der Waals surface area contributed by atoms with Gasteiger partial charge in [0.15, 0.2) is 5.78 Å². The van der Waals surface area contributed by atoms with Gasteiger partial charge >= 0.3 is 0 Å². The molecule has 0 aliphatic heterocycles. The van der Waals surface area contributed by atoms with Crippen molar-refractivity contribution >= 4 is 67.5 Å². The van der Waals surface area contributed by atoms with Gasteiger partial charge in [-0.25, -0.2) is 0 Å². The molecule has 0 bridgehead atoms. The van der Waals surface area contributed by atoms with Crippen LogP contribution in [0.2, 0.25) is 10.0 Å². The van der Waals surface area contributed by atoms with Gasteiger partial charge in [0, 0.05) is 19.2 Å². The number of carbonyl (C=O) groups is 1. The van der Waals surface area contributed by atoms with Crippen molar-refractivity contribution in [1.29, 1.82) is 0 Å². The summed E-state index contributed by atoms with van der Waals surface area (Å²) in [7, 11) is 0. The Morgan fingerprint density at radius 1 is 1.06 bits per heavy atom. The summed E-state index contributed by atoms with van der Waals surface area (Å²) in [5.41, 5.74) is 1.13. The van der Waals surface area contributed by atoms with Crippen molar-refractivity contribution in [1.82, 2.24) is 0 Å².